The van der Waals surface area contributed by atoms with Crippen molar-refractivity contribution in [2.75, 3.05) is 17.2 Å². The minimum Gasteiger partial charge on any atom is -0.462 e. The number of aromatic nitrogens is 2. The zero-order valence-electron chi connectivity index (χ0n) is 19.6. The first kappa shape index (κ1) is 24.6. The largest absolute Gasteiger partial charge is 0.462 e. The number of benzene rings is 2. The number of thiophene rings is 1. The summed E-state index contributed by atoms with van der Waals surface area (Å²) in [7, 11) is 0. The molecule has 2 aromatic carbocycles. The van der Waals surface area contributed by atoms with E-state index in [1.807, 2.05) is 54.9 Å². The molecule has 35 heavy (non-hydrogen) atoms. The minimum absolute atomic E-state index is 0.271. The molecule has 0 aliphatic carbocycles. The van der Waals surface area contributed by atoms with Gasteiger partial charge in [0.2, 0.25) is 0 Å². The molecule has 0 spiro atoms. The quantitative estimate of drug-likeness (QED) is 0.222. The second kappa shape index (κ2) is 10.8. The second-order valence-electron chi connectivity index (χ2n) is 7.85. The van der Waals surface area contributed by atoms with E-state index >= 15 is 0 Å². The van der Waals surface area contributed by atoms with Crippen molar-refractivity contribution >= 4 is 45.3 Å². The third kappa shape index (κ3) is 5.75. The summed E-state index contributed by atoms with van der Waals surface area (Å²) >= 11 is 7.01. The normalized spacial score (nSPS) is 10.7. The predicted molar refractivity (Wildman–Crippen MR) is 143 cm³/mol. The zero-order chi connectivity index (χ0) is 24.9. The number of ether oxygens (including phenoxy) is 1. The highest BCUT2D eigenvalue weighted by atomic mass is 32.1. The first-order valence-electron chi connectivity index (χ1n) is 11.1. The molecule has 0 saturated carbocycles. The molecule has 0 saturated heterocycles. The number of carbonyl (C=O) groups excluding carboxylic acids is 1. The van der Waals surface area contributed by atoms with Gasteiger partial charge in [0.15, 0.2) is 5.11 Å². The SMILES string of the molecule is CCOC(=O)c1cc(-c2ccccc2)sc1NC(=S)Nc1c(C)nn(Cc2ccc(F)cc2)c1C. The van der Waals surface area contributed by atoms with Gasteiger partial charge in [-0.2, -0.15) is 5.10 Å². The first-order valence-corrected chi connectivity index (χ1v) is 12.3. The fourth-order valence-electron chi connectivity index (χ4n) is 3.63. The highest BCUT2D eigenvalue weighted by Gasteiger charge is 2.20. The number of nitrogens with zero attached hydrogens (tertiary/aromatic N) is 2. The third-order valence-corrected chi connectivity index (χ3v) is 6.68. The van der Waals surface area contributed by atoms with Crippen LogP contribution in [0.5, 0.6) is 0 Å². The molecule has 9 heteroatoms. The Balaban J connectivity index is 1.54. The summed E-state index contributed by atoms with van der Waals surface area (Å²) in [4.78, 5) is 13.5. The Morgan fingerprint density at radius 2 is 1.83 bits per heavy atom. The number of carbonyl (C=O) groups is 1. The Hall–Kier alpha value is -3.56. The van der Waals surface area contributed by atoms with Gasteiger partial charge in [-0.25, -0.2) is 9.18 Å². The molecule has 0 aliphatic heterocycles. The number of nitrogens with one attached hydrogen (secondary N) is 2. The van der Waals surface area contributed by atoms with Gasteiger partial charge < -0.3 is 15.4 Å². The Kier molecular flexibility index (Phi) is 7.57. The lowest BCUT2D eigenvalue weighted by atomic mass is 10.1. The van der Waals surface area contributed by atoms with Crippen LogP contribution in [0.4, 0.5) is 15.1 Å². The minimum atomic E-state index is -0.407. The van der Waals surface area contributed by atoms with E-state index in [0.717, 1.165) is 33.1 Å². The fourth-order valence-corrected chi connectivity index (χ4v) is 4.96. The maximum absolute atomic E-state index is 13.2. The summed E-state index contributed by atoms with van der Waals surface area (Å²) in [6, 6.07) is 18.0. The Morgan fingerprint density at radius 3 is 2.51 bits per heavy atom. The van der Waals surface area contributed by atoms with Crippen molar-refractivity contribution < 1.29 is 13.9 Å². The van der Waals surface area contributed by atoms with Crippen LogP contribution in [0.15, 0.2) is 60.7 Å². The number of thiocarbonyl (C=S) groups is 1. The standard InChI is InChI=1S/C26H25FN4O2S2/c1-4-33-25(32)21-14-22(19-8-6-5-7-9-19)35-24(21)29-26(34)28-23-16(2)30-31(17(23)3)15-18-10-12-20(27)13-11-18/h5-14H,4,15H2,1-3H3,(H2,28,29,34). The van der Waals surface area contributed by atoms with Crippen molar-refractivity contribution in [2.45, 2.75) is 27.3 Å². The topological polar surface area (TPSA) is 68.2 Å². The van der Waals surface area contributed by atoms with Crippen molar-refractivity contribution in [3.8, 4) is 10.4 Å². The van der Waals surface area contributed by atoms with Crippen LogP contribution in [0.1, 0.15) is 34.2 Å². The van der Waals surface area contributed by atoms with Crippen LogP contribution in [-0.4, -0.2) is 27.5 Å². The molecule has 0 unspecified atom stereocenters. The molecule has 180 valence electrons. The van der Waals surface area contributed by atoms with E-state index in [-0.39, 0.29) is 12.4 Å². The molecule has 0 aliphatic rings. The molecule has 2 aromatic heterocycles. The Bertz CT molecular complexity index is 1350. The summed E-state index contributed by atoms with van der Waals surface area (Å²) in [5.41, 5.74) is 4.81. The van der Waals surface area contributed by atoms with Gasteiger partial charge in [-0.3, -0.25) is 4.68 Å². The Labute approximate surface area is 212 Å². The van der Waals surface area contributed by atoms with Gasteiger partial charge in [0.05, 0.1) is 35.8 Å². The van der Waals surface area contributed by atoms with Crippen molar-refractivity contribution in [1.82, 2.24) is 9.78 Å². The van der Waals surface area contributed by atoms with E-state index in [1.165, 1.54) is 23.5 Å². The lowest BCUT2D eigenvalue weighted by Gasteiger charge is -2.11. The average molecular weight is 509 g/mol. The molecule has 2 heterocycles. The van der Waals surface area contributed by atoms with E-state index in [4.69, 9.17) is 17.0 Å². The molecular weight excluding hydrogens is 483 g/mol. The molecule has 0 bridgehead atoms. The molecule has 0 radical (unpaired) electrons. The number of rotatable bonds is 7. The van der Waals surface area contributed by atoms with Crippen LogP contribution >= 0.6 is 23.6 Å². The van der Waals surface area contributed by atoms with Crippen LogP contribution in [-0.2, 0) is 11.3 Å². The lowest BCUT2D eigenvalue weighted by molar-refractivity contribution is 0.0528. The lowest BCUT2D eigenvalue weighted by Crippen LogP contribution is -2.21. The summed E-state index contributed by atoms with van der Waals surface area (Å²) < 4.78 is 20.3. The van der Waals surface area contributed by atoms with Crippen molar-refractivity contribution in [2.24, 2.45) is 0 Å². The van der Waals surface area contributed by atoms with Crippen molar-refractivity contribution in [3.05, 3.63) is 89.0 Å². The smallest absolute Gasteiger partial charge is 0.341 e. The number of hydrogen-bond donors (Lipinski definition) is 2. The van der Waals surface area contributed by atoms with Crippen LogP contribution in [0.3, 0.4) is 0 Å². The molecule has 2 N–H and O–H groups in total. The summed E-state index contributed by atoms with van der Waals surface area (Å²) in [5, 5.41) is 11.9. The summed E-state index contributed by atoms with van der Waals surface area (Å²) in [6.07, 6.45) is 0. The van der Waals surface area contributed by atoms with E-state index in [2.05, 4.69) is 15.7 Å². The predicted octanol–water partition coefficient (Wildman–Crippen LogP) is 6.40. The van der Waals surface area contributed by atoms with Gasteiger partial charge in [0.25, 0.3) is 0 Å². The highest BCUT2D eigenvalue weighted by Crippen LogP contribution is 2.36. The van der Waals surface area contributed by atoms with Gasteiger partial charge in [-0.05, 0) is 62.3 Å². The van der Waals surface area contributed by atoms with Crippen molar-refractivity contribution in [1.29, 1.82) is 0 Å². The van der Waals surface area contributed by atoms with E-state index in [0.29, 0.717) is 22.2 Å². The van der Waals surface area contributed by atoms with Crippen LogP contribution < -0.4 is 10.6 Å². The number of anilines is 2. The van der Waals surface area contributed by atoms with Gasteiger partial charge in [-0.15, -0.1) is 11.3 Å². The molecular formula is C26H25FN4O2S2. The first-order chi connectivity index (χ1) is 16.9. The van der Waals surface area contributed by atoms with Gasteiger partial charge in [0, 0.05) is 4.88 Å². The third-order valence-electron chi connectivity index (χ3n) is 5.38. The fraction of sp³-hybridized carbons (Fsp3) is 0.192. The highest BCUT2D eigenvalue weighted by molar-refractivity contribution is 7.80. The second-order valence-corrected chi connectivity index (χ2v) is 9.31. The molecule has 6 nitrogen and oxygen atoms in total. The Morgan fingerprint density at radius 1 is 1.11 bits per heavy atom. The van der Waals surface area contributed by atoms with Crippen LogP contribution in [0.2, 0.25) is 0 Å². The number of halogens is 1. The maximum atomic E-state index is 13.2. The van der Waals surface area contributed by atoms with Crippen LogP contribution in [0, 0.1) is 19.7 Å². The van der Waals surface area contributed by atoms with Gasteiger partial charge in [-0.1, -0.05) is 42.5 Å². The van der Waals surface area contributed by atoms with Crippen LogP contribution in [0.25, 0.3) is 10.4 Å². The van der Waals surface area contributed by atoms with Gasteiger partial charge >= 0.3 is 5.97 Å². The average Bonchev–Trinajstić information content (AvgIpc) is 3.38. The monoisotopic (exact) mass is 508 g/mol. The summed E-state index contributed by atoms with van der Waals surface area (Å²) in [5.74, 6) is -0.678. The molecule has 0 atom stereocenters. The van der Waals surface area contributed by atoms with E-state index in [9.17, 15) is 9.18 Å². The number of hydrogen-bond acceptors (Lipinski definition) is 5. The van der Waals surface area contributed by atoms with Gasteiger partial charge in [0.1, 0.15) is 10.8 Å². The maximum Gasteiger partial charge on any atom is 0.341 e. The zero-order valence-corrected chi connectivity index (χ0v) is 21.2. The molecule has 4 aromatic rings. The molecule has 4 rings (SSSR count). The van der Waals surface area contributed by atoms with E-state index < -0.39 is 5.97 Å². The number of aryl methyl sites for hydroxylation is 1. The van der Waals surface area contributed by atoms with E-state index in [1.54, 1.807) is 19.1 Å². The number of esters is 1. The van der Waals surface area contributed by atoms with Crippen molar-refractivity contribution in [3.63, 3.8) is 0 Å². The molecule has 0 fully saturated rings. The summed E-state index contributed by atoms with van der Waals surface area (Å²) in [6.45, 7) is 6.39. The molecule has 0 amide bonds.